The van der Waals surface area contributed by atoms with E-state index in [0.29, 0.717) is 11.9 Å². The summed E-state index contributed by atoms with van der Waals surface area (Å²) in [5.74, 6) is 0. The van der Waals surface area contributed by atoms with E-state index < -0.39 is 15.6 Å². The van der Waals surface area contributed by atoms with Gasteiger partial charge in [0.05, 0.1) is 5.52 Å². The van der Waals surface area contributed by atoms with Gasteiger partial charge in [-0.15, -0.1) is 0 Å². The summed E-state index contributed by atoms with van der Waals surface area (Å²) < 4.78 is 28.4. The molecule has 0 bridgehead atoms. The first-order chi connectivity index (χ1) is 12.5. The molecule has 4 rings (SSSR count). The molecule has 1 heterocycles. The molecule has 1 aromatic heterocycles. The van der Waals surface area contributed by atoms with Gasteiger partial charge in [-0.2, -0.15) is 0 Å². The van der Waals surface area contributed by atoms with Crippen molar-refractivity contribution in [3.8, 4) is 0 Å². The third-order valence-corrected chi connectivity index (χ3v) is 6.43. The van der Waals surface area contributed by atoms with Gasteiger partial charge in [0.15, 0.2) is 0 Å². The van der Waals surface area contributed by atoms with Crippen molar-refractivity contribution in [1.82, 2.24) is 9.71 Å². The van der Waals surface area contributed by atoms with Crippen molar-refractivity contribution in [2.24, 2.45) is 0 Å². The average Bonchev–Trinajstić information content (AvgIpc) is 2.67. The van der Waals surface area contributed by atoms with Crippen LogP contribution in [-0.4, -0.2) is 25.1 Å². The lowest BCUT2D eigenvalue weighted by Gasteiger charge is -2.34. The van der Waals surface area contributed by atoms with Crippen molar-refractivity contribution < 1.29 is 13.5 Å². The van der Waals surface area contributed by atoms with E-state index in [0.717, 1.165) is 29.4 Å². The number of rotatable bonds is 4. The molecule has 6 heteroatoms. The Morgan fingerprint density at radius 1 is 1.08 bits per heavy atom. The molecule has 0 saturated carbocycles. The smallest absolute Gasteiger partial charge is 0.242 e. The van der Waals surface area contributed by atoms with Crippen LogP contribution in [0.5, 0.6) is 0 Å². The van der Waals surface area contributed by atoms with Crippen LogP contribution in [0.4, 0.5) is 0 Å². The van der Waals surface area contributed by atoms with Crippen LogP contribution in [0.25, 0.3) is 10.9 Å². The second-order valence-corrected chi connectivity index (χ2v) is 8.43. The fourth-order valence-electron chi connectivity index (χ4n) is 3.67. The molecule has 0 fully saturated rings. The van der Waals surface area contributed by atoms with Crippen LogP contribution in [0, 0.1) is 0 Å². The van der Waals surface area contributed by atoms with E-state index in [4.69, 9.17) is 0 Å². The second kappa shape index (κ2) is 6.46. The number of para-hydroxylation sites is 1. The van der Waals surface area contributed by atoms with E-state index in [2.05, 4.69) is 9.71 Å². The van der Waals surface area contributed by atoms with Crippen molar-refractivity contribution in [3.05, 3.63) is 71.9 Å². The second-order valence-electron chi connectivity index (χ2n) is 6.70. The summed E-state index contributed by atoms with van der Waals surface area (Å²) in [6.07, 6.45) is 3.83. The van der Waals surface area contributed by atoms with Crippen LogP contribution in [0.2, 0.25) is 0 Å². The number of hydrogen-bond donors (Lipinski definition) is 2. The fourth-order valence-corrected chi connectivity index (χ4v) is 4.93. The zero-order valence-electron chi connectivity index (χ0n) is 14.2. The standard InChI is InChI=1S/C20H20N2O3S/c23-20(12-4-8-15-6-1-2-10-17(15)20)14-22-26(24,25)18-11-3-7-16-9-5-13-21-19(16)18/h1-3,5-7,9-11,13,22-23H,4,8,12,14H2. The minimum atomic E-state index is -3.80. The van der Waals surface area contributed by atoms with Gasteiger partial charge in [0.2, 0.25) is 10.0 Å². The Kier molecular flexibility index (Phi) is 4.26. The lowest BCUT2D eigenvalue weighted by atomic mass is 9.79. The molecule has 5 nitrogen and oxygen atoms in total. The van der Waals surface area contributed by atoms with Gasteiger partial charge in [0.25, 0.3) is 0 Å². The summed E-state index contributed by atoms with van der Waals surface area (Å²) in [4.78, 5) is 4.34. The number of nitrogens with one attached hydrogen (secondary N) is 1. The molecule has 0 saturated heterocycles. The minimum absolute atomic E-state index is 0.0600. The first-order valence-corrected chi connectivity index (χ1v) is 10.1. The molecular formula is C20H20N2O3S. The Morgan fingerprint density at radius 3 is 2.77 bits per heavy atom. The molecule has 0 aliphatic heterocycles. The molecule has 1 unspecified atom stereocenters. The summed E-state index contributed by atoms with van der Waals surface area (Å²) in [6, 6.07) is 16.3. The average molecular weight is 368 g/mol. The molecule has 2 N–H and O–H groups in total. The molecular weight excluding hydrogens is 348 g/mol. The van der Waals surface area contributed by atoms with Crippen molar-refractivity contribution in [2.75, 3.05) is 6.54 Å². The van der Waals surface area contributed by atoms with E-state index in [1.165, 1.54) is 6.07 Å². The first kappa shape index (κ1) is 17.1. The fraction of sp³-hybridized carbons (Fsp3) is 0.250. The van der Waals surface area contributed by atoms with Crippen LogP contribution < -0.4 is 4.72 Å². The van der Waals surface area contributed by atoms with Gasteiger partial charge < -0.3 is 5.11 Å². The van der Waals surface area contributed by atoms with Crippen LogP contribution in [0.1, 0.15) is 24.0 Å². The third kappa shape index (κ3) is 3.00. The summed E-state index contributed by atoms with van der Waals surface area (Å²) >= 11 is 0. The number of hydrogen-bond acceptors (Lipinski definition) is 4. The highest BCUT2D eigenvalue weighted by atomic mass is 32.2. The third-order valence-electron chi connectivity index (χ3n) is 5.00. The predicted molar refractivity (Wildman–Crippen MR) is 100 cm³/mol. The first-order valence-electron chi connectivity index (χ1n) is 8.64. The van der Waals surface area contributed by atoms with E-state index in [1.807, 2.05) is 36.4 Å². The number of fused-ring (bicyclic) bond motifs is 2. The van der Waals surface area contributed by atoms with Crippen molar-refractivity contribution >= 4 is 20.9 Å². The molecule has 0 spiro atoms. The SMILES string of the molecule is O=S(=O)(NCC1(O)CCCc2ccccc21)c1cccc2cccnc12. The molecule has 3 aromatic rings. The molecule has 2 aromatic carbocycles. The van der Waals surface area contributed by atoms with Crippen LogP contribution in [-0.2, 0) is 22.0 Å². The number of nitrogens with zero attached hydrogens (tertiary/aromatic N) is 1. The number of aryl methyl sites for hydroxylation is 1. The molecule has 1 aliphatic carbocycles. The van der Waals surface area contributed by atoms with Crippen molar-refractivity contribution in [2.45, 2.75) is 29.8 Å². The Labute approximate surface area is 152 Å². The Hall–Kier alpha value is -2.28. The van der Waals surface area contributed by atoms with Gasteiger partial charge in [-0.3, -0.25) is 4.98 Å². The summed E-state index contributed by atoms with van der Waals surface area (Å²) in [5, 5.41) is 11.9. The van der Waals surface area contributed by atoms with Crippen molar-refractivity contribution in [1.29, 1.82) is 0 Å². The molecule has 0 amide bonds. The quantitative estimate of drug-likeness (QED) is 0.742. The number of pyridine rings is 1. The van der Waals surface area contributed by atoms with E-state index >= 15 is 0 Å². The summed E-state index contributed by atoms with van der Waals surface area (Å²) in [6.45, 7) is -0.0600. The largest absolute Gasteiger partial charge is 0.384 e. The van der Waals surface area contributed by atoms with Gasteiger partial charge in [0.1, 0.15) is 10.5 Å². The highest BCUT2D eigenvalue weighted by molar-refractivity contribution is 7.89. The number of benzene rings is 2. The molecule has 26 heavy (non-hydrogen) atoms. The topological polar surface area (TPSA) is 79.3 Å². The normalized spacial score (nSPS) is 20.0. The molecule has 1 atom stereocenters. The molecule has 134 valence electrons. The zero-order valence-corrected chi connectivity index (χ0v) is 15.0. The summed E-state index contributed by atoms with van der Waals surface area (Å²) in [5.41, 5.74) is 1.12. The number of sulfonamides is 1. The zero-order chi connectivity index (χ0) is 18.2. The van der Waals surface area contributed by atoms with Gasteiger partial charge in [-0.1, -0.05) is 42.5 Å². The van der Waals surface area contributed by atoms with Gasteiger partial charge in [0, 0.05) is 18.1 Å². The van der Waals surface area contributed by atoms with Gasteiger partial charge >= 0.3 is 0 Å². The van der Waals surface area contributed by atoms with Crippen LogP contribution in [0.3, 0.4) is 0 Å². The maximum atomic E-state index is 12.9. The number of aromatic nitrogens is 1. The maximum absolute atomic E-state index is 12.9. The highest BCUT2D eigenvalue weighted by Gasteiger charge is 2.35. The monoisotopic (exact) mass is 368 g/mol. The lowest BCUT2D eigenvalue weighted by Crippen LogP contribution is -2.43. The van der Waals surface area contributed by atoms with Crippen LogP contribution in [0.15, 0.2) is 65.7 Å². The predicted octanol–water partition coefficient (Wildman–Crippen LogP) is 2.74. The Bertz CT molecular complexity index is 1060. The van der Waals surface area contributed by atoms with Crippen LogP contribution >= 0.6 is 0 Å². The Morgan fingerprint density at radius 2 is 1.88 bits per heavy atom. The number of aliphatic hydroxyl groups is 1. The van der Waals surface area contributed by atoms with Crippen molar-refractivity contribution in [3.63, 3.8) is 0 Å². The van der Waals surface area contributed by atoms with Gasteiger partial charge in [-0.25, -0.2) is 13.1 Å². The highest BCUT2D eigenvalue weighted by Crippen LogP contribution is 2.35. The molecule has 1 aliphatic rings. The summed E-state index contributed by atoms with van der Waals surface area (Å²) in [7, 11) is -3.80. The van der Waals surface area contributed by atoms with E-state index in [9.17, 15) is 13.5 Å². The van der Waals surface area contributed by atoms with E-state index in [1.54, 1.807) is 18.3 Å². The lowest BCUT2D eigenvalue weighted by molar-refractivity contribution is 0.0243. The van der Waals surface area contributed by atoms with Gasteiger partial charge in [-0.05, 0) is 42.5 Å². The Balaban J connectivity index is 1.65. The molecule has 0 radical (unpaired) electrons. The van der Waals surface area contributed by atoms with E-state index in [-0.39, 0.29) is 11.4 Å². The minimum Gasteiger partial charge on any atom is -0.384 e. The maximum Gasteiger partial charge on any atom is 0.242 e.